The van der Waals surface area contributed by atoms with E-state index in [-0.39, 0.29) is 24.0 Å². The molecular formula is C17H17ClN2O5. The molecule has 7 nitrogen and oxygen atoms in total. The number of benzene rings is 2. The first-order valence-electron chi connectivity index (χ1n) is 7.46. The summed E-state index contributed by atoms with van der Waals surface area (Å²) in [7, 11) is 1.41. The molecule has 2 aromatic carbocycles. The van der Waals surface area contributed by atoms with Crippen molar-refractivity contribution in [1.29, 1.82) is 0 Å². The van der Waals surface area contributed by atoms with Gasteiger partial charge in [-0.25, -0.2) is 0 Å². The van der Waals surface area contributed by atoms with Gasteiger partial charge in [0.1, 0.15) is 5.75 Å². The van der Waals surface area contributed by atoms with Crippen LogP contribution in [0.4, 0.5) is 5.69 Å². The number of rotatable bonds is 8. The number of nitro groups is 1. The Balaban J connectivity index is 1.83. The molecule has 0 aliphatic carbocycles. The molecule has 0 spiro atoms. The highest BCUT2D eigenvalue weighted by Crippen LogP contribution is 2.30. The van der Waals surface area contributed by atoms with Crippen LogP contribution in [0.3, 0.4) is 0 Å². The summed E-state index contributed by atoms with van der Waals surface area (Å²) in [6.07, 6.45) is 0.644. The van der Waals surface area contributed by atoms with Gasteiger partial charge in [-0.05, 0) is 36.2 Å². The number of halogens is 1. The second kappa shape index (κ2) is 8.89. The topological polar surface area (TPSA) is 90.7 Å². The van der Waals surface area contributed by atoms with Gasteiger partial charge >= 0.3 is 5.69 Å². The molecular weight excluding hydrogens is 348 g/mol. The number of nitrogens with one attached hydrogen (secondary N) is 1. The van der Waals surface area contributed by atoms with Gasteiger partial charge in [0, 0.05) is 11.6 Å². The minimum Gasteiger partial charge on any atom is -0.496 e. The lowest BCUT2D eigenvalue weighted by atomic mass is 10.1. The SMILES string of the molecule is COc1ccc(OCC(=O)NCCc2ccc(Cl)cc2)c([N+](=O)[O-])c1. The summed E-state index contributed by atoms with van der Waals surface area (Å²) in [5, 5.41) is 14.4. The third-order valence-electron chi connectivity index (χ3n) is 3.37. The minimum atomic E-state index is -0.587. The molecule has 0 bridgehead atoms. The summed E-state index contributed by atoms with van der Waals surface area (Å²) in [4.78, 5) is 22.3. The second-order valence-corrected chi connectivity index (χ2v) is 5.54. The Morgan fingerprint density at radius 3 is 2.60 bits per heavy atom. The molecule has 25 heavy (non-hydrogen) atoms. The molecule has 0 aromatic heterocycles. The lowest BCUT2D eigenvalue weighted by molar-refractivity contribution is -0.385. The maximum absolute atomic E-state index is 11.8. The third kappa shape index (κ3) is 5.65. The molecule has 0 heterocycles. The predicted octanol–water partition coefficient (Wildman–Crippen LogP) is 2.99. The van der Waals surface area contributed by atoms with E-state index >= 15 is 0 Å². The smallest absolute Gasteiger partial charge is 0.314 e. The van der Waals surface area contributed by atoms with E-state index in [2.05, 4.69) is 5.32 Å². The van der Waals surface area contributed by atoms with E-state index in [1.165, 1.54) is 25.3 Å². The van der Waals surface area contributed by atoms with Crippen LogP contribution in [-0.2, 0) is 11.2 Å². The van der Waals surface area contributed by atoms with E-state index in [4.69, 9.17) is 21.1 Å². The molecule has 132 valence electrons. The Kier molecular flexibility index (Phi) is 6.59. The van der Waals surface area contributed by atoms with Crippen molar-refractivity contribution in [2.45, 2.75) is 6.42 Å². The van der Waals surface area contributed by atoms with Crippen LogP contribution in [-0.4, -0.2) is 31.1 Å². The Hall–Kier alpha value is -2.80. The van der Waals surface area contributed by atoms with Gasteiger partial charge < -0.3 is 14.8 Å². The molecule has 2 aromatic rings. The van der Waals surface area contributed by atoms with Crippen LogP contribution in [0.25, 0.3) is 0 Å². The molecule has 0 saturated heterocycles. The van der Waals surface area contributed by atoms with Gasteiger partial charge in [-0.1, -0.05) is 23.7 Å². The molecule has 0 saturated carbocycles. The van der Waals surface area contributed by atoms with Crippen LogP contribution < -0.4 is 14.8 Å². The van der Waals surface area contributed by atoms with Crippen LogP contribution in [0.1, 0.15) is 5.56 Å². The van der Waals surface area contributed by atoms with Gasteiger partial charge in [0.2, 0.25) is 0 Å². The van der Waals surface area contributed by atoms with Gasteiger partial charge in [-0.2, -0.15) is 0 Å². The molecule has 0 aliphatic rings. The molecule has 2 rings (SSSR count). The fourth-order valence-corrected chi connectivity index (χ4v) is 2.21. The third-order valence-corrected chi connectivity index (χ3v) is 3.62. The largest absolute Gasteiger partial charge is 0.496 e. The van der Waals surface area contributed by atoms with Gasteiger partial charge in [-0.3, -0.25) is 14.9 Å². The van der Waals surface area contributed by atoms with Crippen molar-refractivity contribution in [3.05, 3.63) is 63.2 Å². The van der Waals surface area contributed by atoms with Crippen LogP contribution in [0, 0.1) is 10.1 Å². The van der Waals surface area contributed by atoms with E-state index in [1.54, 1.807) is 12.1 Å². The summed E-state index contributed by atoms with van der Waals surface area (Å²) in [6.45, 7) is 0.113. The second-order valence-electron chi connectivity index (χ2n) is 5.11. The molecule has 0 aliphatic heterocycles. The van der Waals surface area contributed by atoms with Crippen LogP contribution in [0.5, 0.6) is 11.5 Å². The van der Waals surface area contributed by atoms with Crippen molar-refractivity contribution in [1.82, 2.24) is 5.32 Å². The molecule has 0 radical (unpaired) electrons. The van der Waals surface area contributed by atoms with Crippen LogP contribution >= 0.6 is 11.6 Å². The molecule has 1 N–H and O–H groups in total. The number of hydrogen-bond donors (Lipinski definition) is 1. The summed E-state index contributed by atoms with van der Waals surface area (Å²) < 4.78 is 10.2. The van der Waals surface area contributed by atoms with Gasteiger partial charge in [0.25, 0.3) is 5.91 Å². The van der Waals surface area contributed by atoms with Gasteiger partial charge in [0.05, 0.1) is 18.1 Å². The number of carbonyl (C=O) groups excluding carboxylic acids is 1. The first-order valence-corrected chi connectivity index (χ1v) is 7.84. The lowest BCUT2D eigenvalue weighted by Crippen LogP contribution is -2.30. The standard InChI is InChI=1S/C17H17ClN2O5/c1-24-14-6-7-16(15(10-14)20(22)23)25-11-17(21)19-9-8-12-2-4-13(18)5-3-12/h2-7,10H,8-9,11H2,1H3,(H,19,21). The zero-order chi connectivity index (χ0) is 18.2. The highest BCUT2D eigenvalue weighted by molar-refractivity contribution is 6.30. The summed E-state index contributed by atoms with van der Waals surface area (Å²) in [6, 6.07) is 11.5. The monoisotopic (exact) mass is 364 g/mol. The van der Waals surface area contributed by atoms with Crippen molar-refractivity contribution in [2.75, 3.05) is 20.3 Å². The maximum atomic E-state index is 11.8. The number of amides is 1. The number of nitrogens with zero attached hydrogens (tertiary/aromatic N) is 1. The molecule has 0 atom stereocenters. The average molecular weight is 365 g/mol. The van der Waals surface area contributed by atoms with E-state index in [1.807, 2.05) is 12.1 Å². The van der Waals surface area contributed by atoms with Crippen molar-refractivity contribution in [2.24, 2.45) is 0 Å². The maximum Gasteiger partial charge on any atom is 0.314 e. The summed E-state index contributed by atoms with van der Waals surface area (Å²) in [5.74, 6) is -0.0100. The number of methoxy groups -OCH3 is 1. The number of ether oxygens (including phenoxy) is 2. The number of nitro benzene ring substituents is 1. The number of carbonyl (C=O) groups is 1. The highest BCUT2D eigenvalue weighted by Gasteiger charge is 2.17. The quantitative estimate of drug-likeness (QED) is 0.574. The van der Waals surface area contributed by atoms with Gasteiger partial charge in [0.15, 0.2) is 12.4 Å². The van der Waals surface area contributed by atoms with Crippen molar-refractivity contribution in [3.8, 4) is 11.5 Å². The fourth-order valence-electron chi connectivity index (χ4n) is 2.08. The normalized spacial score (nSPS) is 10.2. The minimum absolute atomic E-state index is 0.0126. The first kappa shape index (κ1) is 18.5. The van der Waals surface area contributed by atoms with Crippen LogP contribution in [0.2, 0.25) is 5.02 Å². The highest BCUT2D eigenvalue weighted by atomic mass is 35.5. The van der Waals surface area contributed by atoms with Crippen LogP contribution in [0.15, 0.2) is 42.5 Å². The van der Waals surface area contributed by atoms with Gasteiger partial charge in [-0.15, -0.1) is 0 Å². The first-order chi connectivity index (χ1) is 12.0. The van der Waals surface area contributed by atoms with Crippen molar-refractivity contribution >= 4 is 23.2 Å². The van der Waals surface area contributed by atoms with Crippen molar-refractivity contribution in [3.63, 3.8) is 0 Å². The van der Waals surface area contributed by atoms with E-state index in [0.717, 1.165) is 5.56 Å². The Bertz CT molecular complexity index is 749. The molecule has 0 unspecified atom stereocenters. The molecule has 8 heteroatoms. The number of hydrogen-bond acceptors (Lipinski definition) is 5. The fraction of sp³-hybridized carbons (Fsp3) is 0.235. The van der Waals surface area contributed by atoms with Crippen molar-refractivity contribution < 1.29 is 19.2 Å². The average Bonchev–Trinajstić information content (AvgIpc) is 2.61. The summed E-state index contributed by atoms with van der Waals surface area (Å²) in [5.41, 5.74) is 0.782. The lowest BCUT2D eigenvalue weighted by Gasteiger charge is -2.09. The summed E-state index contributed by atoms with van der Waals surface area (Å²) >= 11 is 5.81. The van der Waals surface area contributed by atoms with E-state index in [9.17, 15) is 14.9 Å². The van der Waals surface area contributed by atoms with E-state index in [0.29, 0.717) is 23.7 Å². The molecule has 0 fully saturated rings. The zero-order valence-electron chi connectivity index (χ0n) is 13.5. The Labute approximate surface area is 149 Å². The predicted molar refractivity (Wildman–Crippen MR) is 93.3 cm³/mol. The Morgan fingerprint density at radius 2 is 1.96 bits per heavy atom. The van der Waals surface area contributed by atoms with E-state index < -0.39 is 4.92 Å². The zero-order valence-corrected chi connectivity index (χ0v) is 14.3. The Morgan fingerprint density at radius 1 is 1.24 bits per heavy atom. The molecule has 1 amide bonds.